The lowest BCUT2D eigenvalue weighted by molar-refractivity contribution is -0.141. The molecule has 0 radical (unpaired) electrons. The monoisotopic (exact) mass is 302 g/mol. The van der Waals surface area contributed by atoms with Gasteiger partial charge in [0.2, 0.25) is 0 Å². The van der Waals surface area contributed by atoms with Crippen LogP contribution < -0.4 is 16.0 Å². The van der Waals surface area contributed by atoms with Gasteiger partial charge in [0.05, 0.1) is 5.56 Å². The first-order chi connectivity index (χ1) is 9.60. The average molecular weight is 302 g/mol. The van der Waals surface area contributed by atoms with E-state index in [-0.39, 0.29) is 16.9 Å². The summed E-state index contributed by atoms with van der Waals surface area (Å²) in [5, 5.41) is 3.24. The van der Waals surface area contributed by atoms with Crippen molar-refractivity contribution in [1.29, 1.82) is 0 Å². The molecule has 2 heterocycles. The number of carbonyl (C=O) groups excluding carboxylic acids is 1. The predicted octanol–water partition coefficient (Wildman–Crippen LogP) is 1.39. The molecule has 2 rings (SSSR count). The summed E-state index contributed by atoms with van der Waals surface area (Å²) in [5.74, 6) is -0.797. The second-order valence-electron chi connectivity index (χ2n) is 5.66. The number of nitrogens with zero attached hydrogens (tertiary/aromatic N) is 2. The Kier molecular flexibility index (Phi) is 3.83. The van der Waals surface area contributed by atoms with E-state index < -0.39 is 17.8 Å². The molecule has 0 atom stereocenters. The van der Waals surface area contributed by atoms with Crippen LogP contribution in [-0.4, -0.2) is 36.1 Å². The number of amides is 1. The van der Waals surface area contributed by atoms with E-state index in [1.165, 1.54) is 0 Å². The molecule has 1 aromatic heterocycles. The van der Waals surface area contributed by atoms with Crippen molar-refractivity contribution in [2.24, 2.45) is 5.73 Å². The summed E-state index contributed by atoms with van der Waals surface area (Å²) in [6, 6.07) is 1.86. The first kappa shape index (κ1) is 15.6. The molecule has 21 heavy (non-hydrogen) atoms. The largest absolute Gasteiger partial charge is 0.433 e. The van der Waals surface area contributed by atoms with Crippen molar-refractivity contribution in [2.45, 2.75) is 25.6 Å². The molecule has 3 N–H and O–H groups in total. The fraction of sp³-hybridized carbons (Fsp3) is 0.538. The normalized spacial score (nSPS) is 18.6. The molecule has 0 aromatic carbocycles. The topological polar surface area (TPSA) is 71.2 Å². The quantitative estimate of drug-likeness (QED) is 0.866. The third kappa shape index (κ3) is 3.44. The predicted molar refractivity (Wildman–Crippen MR) is 72.1 cm³/mol. The van der Waals surface area contributed by atoms with Crippen molar-refractivity contribution in [2.75, 3.05) is 24.5 Å². The minimum Gasteiger partial charge on any atom is -0.365 e. The van der Waals surface area contributed by atoms with E-state index in [2.05, 4.69) is 10.3 Å². The number of alkyl halides is 3. The molecule has 0 unspecified atom stereocenters. The second-order valence-corrected chi connectivity index (χ2v) is 5.66. The summed E-state index contributed by atoms with van der Waals surface area (Å²) in [7, 11) is 0. The Morgan fingerprint density at radius 3 is 2.62 bits per heavy atom. The summed E-state index contributed by atoms with van der Waals surface area (Å²) in [5.41, 5.74) is 3.93. The summed E-state index contributed by atoms with van der Waals surface area (Å²) in [4.78, 5) is 16.7. The summed E-state index contributed by atoms with van der Waals surface area (Å²) >= 11 is 0. The third-order valence-corrected chi connectivity index (χ3v) is 3.30. The van der Waals surface area contributed by atoms with Gasteiger partial charge < -0.3 is 16.0 Å². The summed E-state index contributed by atoms with van der Waals surface area (Å²) in [6.45, 7) is 5.33. The van der Waals surface area contributed by atoms with Gasteiger partial charge in [-0.1, -0.05) is 0 Å². The lowest BCUT2D eigenvalue weighted by atomic mass is 10.0. The zero-order chi connectivity index (χ0) is 15.8. The summed E-state index contributed by atoms with van der Waals surface area (Å²) in [6.07, 6.45) is -4.56. The average Bonchev–Trinajstić information content (AvgIpc) is 2.35. The Morgan fingerprint density at radius 1 is 1.43 bits per heavy atom. The molecule has 1 saturated heterocycles. The Morgan fingerprint density at radius 2 is 2.10 bits per heavy atom. The maximum Gasteiger partial charge on any atom is 0.433 e. The van der Waals surface area contributed by atoms with Gasteiger partial charge in [-0.05, 0) is 26.0 Å². The fourth-order valence-corrected chi connectivity index (χ4v) is 2.36. The minimum absolute atomic E-state index is 0.000648. The van der Waals surface area contributed by atoms with Crippen LogP contribution in [0.4, 0.5) is 19.0 Å². The lowest BCUT2D eigenvalue weighted by Crippen LogP contribution is -2.57. The highest BCUT2D eigenvalue weighted by molar-refractivity contribution is 5.97. The maximum absolute atomic E-state index is 12.8. The Bertz CT molecular complexity index is 557. The van der Waals surface area contributed by atoms with Gasteiger partial charge in [-0.3, -0.25) is 4.79 Å². The highest BCUT2D eigenvalue weighted by Gasteiger charge is 2.35. The maximum atomic E-state index is 12.8. The molecule has 116 valence electrons. The Balaban J connectivity index is 2.46. The molecule has 0 spiro atoms. The number of carbonyl (C=O) groups is 1. The number of nitrogens with two attached hydrogens (primary N) is 1. The summed E-state index contributed by atoms with van der Waals surface area (Å²) < 4.78 is 38.4. The molecular formula is C13H17F3N4O. The molecule has 0 saturated carbocycles. The zero-order valence-electron chi connectivity index (χ0n) is 11.8. The van der Waals surface area contributed by atoms with E-state index in [1.54, 1.807) is 4.90 Å². The van der Waals surface area contributed by atoms with E-state index in [4.69, 9.17) is 5.73 Å². The smallest absolute Gasteiger partial charge is 0.365 e. The minimum atomic E-state index is -4.56. The standard InChI is InChI=1S/C13H17F3N4O/c1-12(2)7-20(6-5-18-12)11-8(10(17)21)3-4-9(19-11)13(14,15)16/h3-4,18H,5-7H2,1-2H3,(H2,17,21). The first-order valence-corrected chi connectivity index (χ1v) is 6.48. The van der Waals surface area contributed by atoms with Crippen molar-refractivity contribution in [3.8, 4) is 0 Å². The van der Waals surface area contributed by atoms with E-state index >= 15 is 0 Å². The molecule has 1 aromatic rings. The molecule has 1 fully saturated rings. The highest BCUT2D eigenvalue weighted by atomic mass is 19.4. The molecule has 1 amide bonds. The van der Waals surface area contributed by atoms with Gasteiger partial charge in [-0.15, -0.1) is 0 Å². The van der Waals surface area contributed by atoms with E-state index in [0.717, 1.165) is 12.1 Å². The fourth-order valence-electron chi connectivity index (χ4n) is 2.36. The van der Waals surface area contributed by atoms with Crippen LogP contribution in [0.2, 0.25) is 0 Å². The SMILES string of the molecule is CC1(C)CN(c2nc(C(F)(F)F)ccc2C(N)=O)CCN1. The molecule has 1 aliphatic heterocycles. The van der Waals surface area contributed by atoms with Gasteiger partial charge in [0, 0.05) is 25.2 Å². The van der Waals surface area contributed by atoms with Crippen LogP contribution in [0.25, 0.3) is 0 Å². The van der Waals surface area contributed by atoms with Crippen molar-refractivity contribution in [3.63, 3.8) is 0 Å². The van der Waals surface area contributed by atoms with Crippen LogP contribution >= 0.6 is 0 Å². The van der Waals surface area contributed by atoms with Crippen LogP contribution in [0.3, 0.4) is 0 Å². The number of anilines is 1. The molecule has 5 nitrogen and oxygen atoms in total. The number of pyridine rings is 1. The number of hydrogen-bond donors (Lipinski definition) is 2. The second kappa shape index (κ2) is 5.18. The number of nitrogens with one attached hydrogen (secondary N) is 1. The third-order valence-electron chi connectivity index (χ3n) is 3.30. The van der Waals surface area contributed by atoms with Gasteiger partial charge in [0.15, 0.2) is 0 Å². The highest BCUT2D eigenvalue weighted by Crippen LogP contribution is 2.31. The van der Waals surface area contributed by atoms with Gasteiger partial charge in [-0.25, -0.2) is 4.98 Å². The van der Waals surface area contributed by atoms with Crippen LogP contribution in [0.5, 0.6) is 0 Å². The number of hydrogen-bond acceptors (Lipinski definition) is 4. The molecule has 8 heteroatoms. The number of primary amides is 1. The van der Waals surface area contributed by atoms with Gasteiger partial charge in [0.1, 0.15) is 11.5 Å². The van der Waals surface area contributed by atoms with E-state index in [1.807, 2.05) is 13.8 Å². The van der Waals surface area contributed by atoms with Crippen molar-refractivity contribution < 1.29 is 18.0 Å². The van der Waals surface area contributed by atoms with Crippen LogP contribution in [0, 0.1) is 0 Å². The van der Waals surface area contributed by atoms with Crippen LogP contribution in [-0.2, 0) is 6.18 Å². The van der Waals surface area contributed by atoms with Gasteiger partial charge in [0.25, 0.3) is 5.91 Å². The van der Waals surface area contributed by atoms with Gasteiger partial charge in [-0.2, -0.15) is 13.2 Å². The van der Waals surface area contributed by atoms with Crippen molar-refractivity contribution in [3.05, 3.63) is 23.4 Å². The Labute approximate surface area is 120 Å². The molecule has 0 bridgehead atoms. The van der Waals surface area contributed by atoms with Crippen molar-refractivity contribution >= 4 is 11.7 Å². The van der Waals surface area contributed by atoms with E-state index in [9.17, 15) is 18.0 Å². The van der Waals surface area contributed by atoms with Crippen molar-refractivity contribution in [1.82, 2.24) is 10.3 Å². The number of halogens is 3. The zero-order valence-corrected chi connectivity index (χ0v) is 11.8. The van der Waals surface area contributed by atoms with Crippen LogP contribution in [0.15, 0.2) is 12.1 Å². The molecule has 1 aliphatic rings. The van der Waals surface area contributed by atoms with Gasteiger partial charge >= 0.3 is 6.18 Å². The number of aromatic nitrogens is 1. The molecule has 0 aliphatic carbocycles. The number of piperazine rings is 1. The lowest BCUT2D eigenvalue weighted by Gasteiger charge is -2.40. The van der Waals surface area contributed by atoms with E-state index in [0.29, 0.717) is 19.6 Å². The first-order valence-electron chi connectivity index (χ1n) is 6.48. The number of rotatable bonds is 2. The Hall–Kier alpha value is -1.83. The molecular weight excluding hydrogens is 285 g/mol. The van der Waals surface area contributed by atoms with Crippen LogP contribution in [0.1, 0.15) is 29.9 Å².